The number of fused-ring (bicyclic) bond motifs is 1. The summed E-state index contributed by atoms with van der Waals surface area (Å²) < 4.78 is 0. The first-order valence-corrected chi connectivity index (χ1v) is 9.71. The number of likely N-dealkylation sites (tertiary alicyclic amines) is 1. The van der Waals surface area contributed by atoms with Gasteiger partial charge in [0, 0.05) is 19.1 Å². The maximum absolute atomic E-state index is 12.9. The van der Waals surface area contributed by atoms with Gasteiger partial charge in [0.1, 0.15) is 0 Å². The third kappa shape index (κ3) is 4.15. The minimum absolute atomic E-state index is 0.00337. The van der Waals surface area contributed by atoms with Gasteiger partial charge in [-0.05, 0) is 49.9 Å². The number of aliphatic hydroxyl groups is 1. The summed E-state index contributed by atoms with van der Waals surface area (Å²) in [6.07, 6.45) is 5.60. The van der Waals surface area contributed by atoms with Gasteiger partial charge in [-0.25, -0.2) is 4.79 Å². The summed E-state index contributed by atoms with van der Waals surface area (Å²) in [7, 11) is 0. The Morgan fingerprint density at radius 3 is 2.96 bits per heavy atom. The van der Waals surface area contributed by atoms with E-state index in [2.05, 4.69) is 35.3 Å². The van der Waals surface area contributed by atoms with Gasteiger partial charge in [-0.2, -0.15) is 0 Å². The lowest BCUT2D eigenvalue weighted by molar-refractivity contribution is 0.134. The van der Waals surface area contributed by atoms with Crippen molar-refractivity contribution in [1.29, 1.82) is 0 Å². The van der Waals surface area contributed by atoms with Crippen molar-refractivity contribution in [3.05, 3.63) is 35.4 Å². The van der Waals surface area contributed by atoms with Crippen LogP contribution in [0.3, 0.4) is 0 Å². The number of aryl methyl sites for hydroxylation is 1. The highest BCUT2D eigenvalue weighted by molar-refractivity contribution is 5.75. The molecule has 2 N–H and O–H groups in total. The molecule has 1 aliphatic carbocycles. The van der Waals surface area contributed by atoms with Crippen LogP contribution in [0.5, 0.6) is 0 Å². The van der Waals surface area contributed by atoms with Crippen LogP contribution in [0.1, 0.15) is 49.8 Å². The van der Waals surface area contributed by atoms with E-state index in [0.717, 1.165) is 32.4 Å². The largest absolute Gasteiger partial charge is 0.395 e. The maximum Gasteiger partial charge on any atom is 0.318 e. The molecule has 1 aromatic carbocycles. The van der Waals surface area contributed by atoms with Crippen LogP contribution in [0.25, 0.3) is 0 Å². The Hall–Kier alpha value is -1.59. The van der Waals surface area contributed by atoms with Crippen molar-refractivity contribution in [2.45, 2.75) is 51.1 Å². The number of carbonyl (C=O) groups excluding carboxylic acids is 1. The van der Waals surface area contributed by atoms with E-state index in [0.29, 0.717) is 19.1 Å². The van der Waals surface area contributed by atoms with Crippen LogP contribution in [0.15, 0.2) is 24.3 Å². The van der Waals surface area contributed by atoms with E-state index in [4.69, 9.17) is 0 Å². The molecule has 1 saturated heterocycles. The molecule has 0 spiro atoms. The Morgan fingerprint density at radius 2 is 2.16 bits per heavy atom. The first-order valence-electron chi connectivity index (χ1n) is 9.71. The molecule has 5 heteroatoms. The van der Waals surface area contributed by atoms with Crippen LogP contribution in [-0.2, 0) is 6.42 Å². The molecular formula is C20H31N3O2. The quantitative estimate of drug-likeness (QED) is 0.833. The maximum atomic E-state index is 12.9. The molecule has 2 aliphatic rings. The zero-order chi connectivity index (χ0) is 17.6. The van der Waals surface area contributed by atoms with Crippen LogP contribution in [0.2, 0.25) is 0 Å². The summed E-state index contributed by atoms with van der Waals surface area (Å²) in [5.41, 5.74) is 2.56. The van der Waals surface area contributed by atoms with Gasteiger partial charge in [-0.1, -0.05) is 37.6 Å². The lowest BCUT2D eigenvalue weighted by Crippen LogP contribution is -2.50. The number of likely N-dealkylation sites (N-methyl/N-ethyl adjacent to an activating group) is 1. The summed E-state index contributed by atoms with van der Waals surface area (Å²) in [6, 6.07) is 8.83. The molecule has 2 unspecified atom stereocenters. The van der Waals surface area contributed by atoms with Crippen molar-refractivity contribution in [3.8, 4) is 0 Å². The van der Waals surface area contributed by atoms with Crippen LogP contribution >= 0.6 is 0 Å². The number of urea groups is 1. The predicted octanol–water partition coefficient (Wildman–Crippen LogP) is 2.55. The zero-order valence-electron chi connectivity index (χ0n) is 15.3. The van der Waals surface area contributed by atoms with Gasteiger partial charge in [0.05, 0.1) is 12.6 Å². The molecule has 3 rings (SSSR count). The molecule has 0 radical (unpaired) electrons. The normalized spacial score (nSPS) is 23.3. The number of hydrogen-bond donors (Lipinski definition) is 2. The third-order valence-electron chi connectivity index (χ3n) is 5.72. The van der Waals surface area contributed by atoms with Crippen molar-refractivity contribution in [2.75, 3.05) is 32.8 Å². The summed E-state index contributed by atoms with van der Waals surface area (Å²) in [6.45, 7) is 5.44. The summed E-state index contributed by atoms with van der Waals surface area (Å²) in [4.78, 5) is 17.1. The fourth-order valence-corrected chi connectivity index (χ4v) is 4.38. The Bertz CT molecular complexity index is 578. The summed E-state index contributed by atoms with van der Waals surface area (Å²) in [5, 5.41) is 12.6. The van der Waals surface area contributed by atoms with Gasteiger partial charge in [0.2, 0.25) is 0 Å². The molecule has 2 amide bonds. The van der Waals surface area contributed by atoms with Crippen molar-refractivity contribution >= 4 is 6.03 Å². The molecule has 1 fully saturated rings. The minimum atomic E-state index is -0.0441. The Labute approximate surface area is 151 Å². The number of hydrogen-bond acceptors (Lipinski definition) is 3. The first kappa shape index (κ1) is 18.2. The molecule has 1 aromatic rings. The Kier molecular flexibility index (Phi) is 6.32. The van der Waals surface area contributed by atoms with Crippen molar-refractivity contribution < 1.29 is 9.90 Å². The van der Waals surface area contributed by atoms with E-state index in [9.17, 15) is 9.90 Å². The van der Waals surface area contributed by atoms with Crippen molar-refractivity contribution in [2.24, 2.45) is 0 Å². The minimum Gasteiger partial charge on any atom is -0.395 e. The fraction of sp³-hybridized carbons (Fsp3) is 0.650. The van der Waals surface area contributed by atoms with Crippen LogP contribution in [0, 0.1) is 0 Å². The third-order valence-corrected chi connectivity index (χ3v) is 5.72. The average Bonchev–Trinajstić information content (AvgIpc) is 3.08. The van der Waals surface area contributed by atoms with Gasteiger partial charge in [-0.15, -0.1) is 0 Å². The molecule has 2 atom stereocenters. The Morgan fingerprint density at radius 1 is 1.32 bits per heavy atom. The molecule has 138 valence electrons. The number of aliphatic hydroxyl groups excluding tert-OH is 1. The highest BCUT2D eigenvalue weighted by atomic mass is 16.3. The average molecular weight is 345 g/mol. The topological polar surface area (TPSA) is 55.8 Å². The van der Waals surface area contributed by atoms with Gasteiger partial charge < -0.3 is 15.3 Å². The van der Waals surface area contributed by atoms with Gasteiger partial charge in [0.25, 0.3) is 0 Å². The number of rotatable bonds is 6. The lowest BCUT2D eigenvalue weighted by Gasteiger charge is -2.36. The SMILES string of the molecule is CCN1CCCCC1CNC(=O)N(CCO)C1CCc2ccccc21. The smallest absolute Gasteiger partial charge is 0.318 e. The second-order valence-corrected chi connectivity index (χ2v) is 7.13. The van der Waals surface area contributed by atoms with E-state index in [-0.39, 0.29) is 18.7 Å². The van der Waals surface area contributed by atoms with E-state index < -0.39 is 0 Å². The van der Waals surface area contributed by atoms with Crippen molar-refractivity contribution in [1.82, 2.24) is 15.1 Å². The van der Waals surface area contributed by atoms with E-state index >= 15 is 0 Å². The number of benzene rings is 1. The molecule has 0 bridgehead atoms. The number of piperidine rings is 1. The Balaban J connectivity index is 1.63. The predicted molar refractivity (Wildman–Crippen MR) is 99.6 cm³/mol. The number of nitrogens with zero attached hydrogens (tertiary/aromatic N) is 2. The molecular weight excluding hydrogens is 314 g/mol. The highest BCUT2D eigenvalue weighted by Crippen LogP contribution is 2.35. The zero-order valence-corrected chi connectivity index (χ0v) is 15.3. The fourth-order valence-electron chi connectivity index (χ4n) is 4.38. The van der Waals surface area contributed by atoms with Gasteiger partial charge in [0.15, 0.2) is 0 Å². The molecule has 25 heavy (non-hydrogen) atoms. The summed E-state index contributed by atoms with van der Waals surface area (Å²) >= 11 is 0. The second-order valence-electron chi connectivity index (χ2n) is 7.13. The molecule has 0 aromatic heterocycles. The number of carbonyl (C=O) groups is 1. The van der Waals surface area contributed by atoms with E-state index in [1.54, 1.807) is 0 Å². The second kappa shape index (κ2) is 8.68. The molecule has 0 saturated carbocycles. The molecule has 5 nitrogen and oxygen atoms in total. The lowest BCUT2D eigenvalue weighted by atomic mass is 10.0. The molecule has 1 aliphatic heterocycles. The summed E-state index contributed by atoms with van der Waals surface area (Å²) in [5.74, 6) is 0. The standard InChI is InChI=1S/C20H31N3O2/c1-2-22-12-6-5-8-17(22)15-21-20(25)23(13-14-24)19-11-10-16-7-3-4-9-18(16)19/h3-4,7,9,17,19,24H,2,5-6,8,10-15H2,1H3,(H,21,25). The number of amides is 2. The van der Waals surface area contributed by atoms with Crippen LogP contribution < -0.4 is 5.32 Å². The van der Waals surface area contributed by atoms with E-state index in [1.165, 1.54) is 24.0 Å². The van der Waals surface area contributed by atoms with Crippen LogP contribution in [-0.4, -0.2) is 59.8 Å². The first-order chi connectivity index (χ1) is 12.2. The van der Waals surface area contributed by atoms with Gasteiger partial charge >= 0.3 is 6.03 Å². The van der Waals surface area contributed by atoms with Crippen molar-refractivity contribution in [3.63, 3.8) is 0 Å². The number of nitrogens with one attached hydrogen (secondary N) is 1. The highest BCUT2D eigenvalue weighted by Gasteiger charge is 2.31. The van der Waals surface area contributed by atoms with E-state index in [1.807, 2.05) is 11.0 Å². The van der Waals surface area contributed by atoms with Crippen LogP contribution in [0.4, 0.5) is 4.79 Å². The molecule has 1 heterocycles. The van der Waals surface area contributed by atoms with Gasteiger partial charge in [-0.3, -0.25) is 4.90 Å². The monoisotopic (exact) mass is 345 g/mol.